The third kappa shape index (κ3) is 4.10. The molecule has 1 aliphatic heterocycles. The molecule has 0 atom stereocenters. The number of amides is 1. The number of hydrogen-bond donors (Lipinski definition) is 1. The minimum Gasteiger partial charge on any atom is -0.463 e. The number of hydrogen-bond acceptors (Lipinski definition) is 5. The number of carbonyl (C=O) groups excluding carboxylic acids is 2. The topological polar surface area (TPSA) is 74.4 Å². The van der Waals surface area contributed by atoms with Crippen molar-refractivity contribution < 1.29 is 19.4 Å². The van der Waals surface area contributed by atoms with Gasteiger partial charge in [0, 0.05) is 17.8 Å². The molecule has 1 spiro atoms. The summed E-state index contributed by atoms with van der Waals surface area (Å²) in [5, 5.41) is 9.18. The molecule has 1 N–H and O–H groups in total. The monoisotopic (exact) mass is 463 g/mol. The van der Waals surface area contributed by atoms with Gasteiger partial charge >= 0.3 is 5.97 Å². The summed E-state index contributed by atoms with van der Waals surface area (Å²) in [5.41, 5.74) is 3.20. The van der Waals surface area contributed by atoms with Crippen molar-refractivity contribution in [2.45, 2.75) is 44.6 Å². The molecule has 8 heteroatoms. The summed E-state index contributed by atoms with van der Waals surface area (Å²) in [4.78, 5) is 32.3. The highest BCUT2D eigenvalue weighted by Crippen LogP contribution is 2.48. The van der Waals surface area contributed by atoms with E-state index in [1.807, 2.05) is 42.2 Å². The number of esters is 1. The largest absolute Gasteiger partial charge is 0.463 e. The smallest absolute Gasteiger partial charge is 0.306 e. The van der Waals surface area contributed by atoms with Crippen molar-refractivity contribution in [2.24, 2.45) is 0 Å². The van der Waals surface area contributed by atoms with Crippen LogP contribution in [0.25, 0.3) is 4.85 Å². The normalized spacial score (nSPS) is 16.6. The van der Waals surface area contributed by atoms with E-state index in [1.165, 1.54) is 0 Å². The lowest BCUT2D eigenvalue weighted by Crippen LogP contribution is -2.55. The van der Waals surface area contributed by atoms with E-state index >= 15 is 0 Å². The van der Waals surface area contributed by atoms with E-state index in [9.17, 15) is 9.59 Å². The molecule has 7 nitrogen and oxygen atoms in total. The molecule has 2 aromatic carbocycles. The molecule has 1 aliphatic carbocycles. The Bertz CT molecular complexity index is 1140. The summed E-state index contributed by atoms with van der Waals surface area (Å²) in [6, 6.07) is 13.1. The maximum atomic E-state index is 13.6. The highest BCUT2D eigenvalue weighted by Gasteiger charge is 2.59. The van der Waals surface area contributed by atoms with Crippen LogP contribution in [0.5, 0.6) is 0 Å². The molecular weight excluding hydrogens is 438 g/mol. The summed E-state index contributed by atoms with van der Waals surface area (Å²) in [6.45, 7) is 8.95. The van der Waals surface area contributed by atoms with Gasteiger partial charge in [-0.1, -0.05) is 18.2 Å². The summed E-state index contributed by atoms with van der Waals surface area (Å²) in [5.74, 6) is -0.368. The number of anilines is 2. The number of aliphatic hydroxyl groups is 1. The van der Waals surface area contributed by atoms with Gasteiger partial charge in [-0.05, 0) is 80.2 Å². The Kier molecular flexibility index (Phi) is 6.45. The van der Waals surface area contributed by atoms with Crippen LogP contribution in [0.2, 0.25) is 0 Å². The molecule has 0 radical (unpaired) electrons. The van der Waals surface area contributed by atoms with Gasteiger partial charge in [0.25, 0.3) is 5.91 Å². The maximum Gasteiger partial charge on any atom is 0.306 e. The van der Waals surface area contributed by atoms with Crippen molar-refractivity contribution in [3.8, 4) is 0 Å². The standard InChI is InChI=1S/C25H25N3O4S/c1-17-16-20(9-10-21(17)26-2)27-23(31)25(12-3-13-25)28(24(27)33)19-7-4-18(5-8-19)6-11-22(30)32-15-14-29/h4-5,7-10,16,29H,3,6,11-15H2,1H3. The first kappa shape index (κ1) is 22.9. The number of carbonyl (C=O) groups is 2. The molecule has 0 aromatic heterocycles. The third-order valence-electron chi connectivity index (χ3n) is 6.32. The Hall–Kier alpha value is -3.28. The van der Waals surface area contributed by atoms with Crippen molar-refractivity contribution in [3.63, 3.8) is 0 Å². The quantitative estimate of drug-likeness (QED) is 0.379. The van der Waals surface area contributed by atoms with E-state index in [4.69, 9.17) is 28.6 Å². The van der Waals surface area contributed by atoms with Crippen LogP contribution < -0.4 is 9.80 Å². The summed E-state index contributed by atoms with van der Waals surface area (Å²) in [7, 11) is 0. The molecule has 2 aromatic rings. The Labute approximate surface area is 198 Å². The molecule has 170 valence electrons. The number of thiocarbonyl (C=S) groups is 1. The second kappa shape index (κ2) is 9.30. The van der Waals surface area contributed by atoms with E-state index in [0.717, 1.165) is 36.1 Å². The second-order valence-electron chi connectivity index (χ2n) is 8.34. The lowest BCUT2D eigenvalue weighted by molar-refractivity contribution is -0.144. The van der Waals surface area contributed by atoms with Crippen molar-refractivity contribution in [1.82, 2.24) is 0 Å². The first-order valence-corrected chi connectivity index (χ1v) is 11.3. The van der Waals surface area contributed by atoms with Gasteiger partial charge in [-0.15, -0.1) is 0 Å². The molecular formula is C25H25N3O4S. The van der Waals surface area contributed by atoms with Crippen LogP contribution in [0.3, 0.4) is 0 Å². The van der Waals surface area contributed by atoms with Gasteiger partial charge in [0.2, 0.25) is 0 Å². The Balaban J connectivity index is 1.56. The van der Waals surface area contributed by atoms with E-state index < -0.39 is 5.54 Å². The maximum absolute atomic E-state index is 13.6. The fraction of sp³-hybridized carbons (Fsp3) is 0.360. The first-order valence-electron chi connectivity index (χ1n) is 10.9. The zero-order valence-corrected chi connectivity index (χ0v) is 19.2. The molecule has 0 unspecified atom stereocenters. The van der Waals surface area contributed by atoms with Gasteiger partial charge in [-0.25, -0.2) is 4.85 Å². The van der Waals surface area contributed by atoms with Crippen LogP contribution in [0, 0.1) is 13.5 Å². The lowest BCUT2D eigenvalue weighted by atomic mass is 9.75. The number of ether oxygens (including phenoxy) is 1. The second-order valence-corrected chi connectivity index (χ2v) is 8.70. The molecule has 1 saturated heterocycles. The summed E-state index contributed by atoms with van der Waals surface area (Å²) in [6.07, 6.45) is 3.19. The van der Waals surface area contributed by atoms with Crippen LogP contribution in [0.1, 0.15) is 36.8 Å². The zero-order chi connectivity index (χ0) is 23.6. The van der Waals surface area contributed by atoms with Crippen LogP contribution in [-0.4, -0.2) is 40.8 Å². The van der Waals surface area contributed by atoms with E-state index in [0.29, 0.717) is 22.9 Å². The summed E-state index contributed by atoms with van der Waals surface area (Å²) < 4.78 is 4.90. The van der Waals surface area contributed by atoms with Crippen LogP contribution >= 0.6 is 12.2 Å². The van der Waals surface area contributed by atoms with Gasteiger partial charge in [-0.3, -0.25) is 14.5 Å². The van der Waals surface area contributed by atoms with Crippen molar-refractivity contribution in [2.75, 3.05) is 23.0 Å². The number of benzene rings is 2. The fourth-order valence-electron chi connectivity index (χ4n) is 4.40. The Morgan fingerprint density at radius 2 is 1.91 bits per heavy atom. The minimum atomic E-state index is -0.668. The average molecular weight is 464 g/mol. The number of aliphatic hydroxyl groups excluding tert-OH is 1. The van der Waals surface area contributed by atoms with Gasteiger partial charge < -0.3 is 14.7 Å². The lowest BCUT2D eigenvalue weighted by Gasteiger charge is -2.43. The molecule has 1 amide bonds. The van der Waals surface area contributed by atoms with E-state index in [2.05, 4.69) is 4.85 Å². The SMILES string of the molecule is [C-]#[N+]c1ccc(N2C(=O)C3(CCC3)N(c3ccc(CCC(=O)OCCO)cc3)C2=S)cc1C. The highest BCUT2D eigenvalue weighted by atomic mass is 32.1. The predicted octanol–water partition coefficient (Wildman–Crippen LogP) is 4.07. The van der Waals surface area contributed by atoms with Gasteiger partial charge in [0.15, 0.2) is 10.8 Å². The molecule has 2 fully saturated rings. The number of rotatable bonds is 7. The predicted molar refractivity (Wildman–Crippen MR) is 129 cm³/mol. The van der Waals surface area contributed by atoms with Crippen molar-refractivity contribution in [1.29, 1.82) is 0 Å². The third-order valence-corrected chi connectivity index (χ3v) is 6.68. The fourth-order valence-corrected chi connectivity index (χ4v) is 4.87. The molecule has 4 rings (SSSR count). The number of aryl methyl sites for hydroxylation is 2. The first-order chi connectivity index (χ1) is 15.9. The van der Waals surface area contributed by atoms with Crippen LogP contribution in [-0.2, 0) is 20.7 Å². The Morgan fingerprint density at radius 3 is 2.48 bits per heavy atom. The average Bonchev–Trinajstić information content (AvgIpc) is 3.03. The molecule has 0 bridgehead atoms. The molecule has 33 heavy (non-hydrogen) atoms. The van der Waals surface area contributed by atoms with E-state index in [1.54, 1.807) is 17.0 Å². The molecule has 1 heterocycles. The zero-order valence-electron chi connectivity index (χ0n) is 18.4. The molecule has 2 aliphatic rings. The number of nitrogens with zero attached hydrogens (tertiary/aromatic N) is 3. The highest BCUT2D eigenvalue weighted by molar-refractivity contribution is 7.81. The van der Waals surface area contributed by atoms with Gasteiger partial charge in [-0.2, -0.15) is 0 Å². The summed E-state index contributed by atoms with van der Waals surface area (Å²) >= 11 is 5.80. The van der Waals surface area contributed by atoms with Gasteiger partial charge in [0.1, 0.15) is 12.1 Å². The van der Waals surface area contributed by atoms with Crippen LogP contribution in [0.4, 0.5) is 17.1 Å². The minimum absolute atomic E-state index is 0.0108. The molecule has 1 saturated carbocycles. The van der Waals surface area contributed by atoms with Crippen LogP contribution in [0.15, 0.2) is 42.5 Å². The Morgan fingerprint density at radius 1 is 1.21 bits per heavy atom. The van der Waals surface area contributed by atoms with E-state index in [-0.39, 0.29) is 31.5 Å². The van der Waals surface area contributed by atoms with Crippen molar-refractivity contribution >= 4 is 46.3 Å². The van der Waals surface area contributed by atoms with Crippen molar-refractivity contribution in [3.05, 3.63) is 65.0 Å². The van der Waals surface area contributed by atoms with Gasteiger partial charge in [0.05, 0.1) is 13.2 Å².